The van der Waals surface area contributed by atoms with Crippen molar-refractivity contribution in [1.29, 1.82) is 0 Å². The number of amides is 1. The van der Waals surface area contributed by atoms with Gasteiger partial charge < -0.3 is 10.4 Å². The number of nitrogens with one attached hydrogen (secondary N) is 2. The number of rotatable bonds is 3. The maximum absolute atomic E-state index is 11.9. The lowest BCUT2D eigenvalue weighted by Crippen LogP contribution is -2.15. The number of hydrogen-bond donors (Lipinski definition) is 3. The molecule has 1 amide bonds. The van der Waals surface area contributed by atoms with Crippen LogP contribution in [-0.2, 0) is 11.2 Å². The molecular formula is C13H14ClN3O2. The Kier molecular flexibility index (Phi) is 3.76. The first-order chi connectivity index (χ1) is 8.99. The third kappa shape index (κ3) is 2.88. The van der Waals surface area contributed by atoms with E-state index in [1.54, 1.807) is 18.2 Å². The van der Waals surface area contributed by atoms with Crippen molar-refractivity contribution in [3.63, 3.8) is 0 Å². The van der Waals surface area contributed by atoms with Gasteiger partial charge in [-0.05, 0) is 26.0 Å². The average molecular weight is 280 g/mol. The van der Waals surface area contributed by atoms with Crippen molar-refractivity contribution >= 4 is 23.2 Å². The number of carbonyl (C=O) groups excluding carboxylic acids is 1. The first kappa shape index (κ1) is 13.4. The minimum absolute atomic E-state index is 0.127. The number of anilines is 1. The van der Waals surface area contributed by atoms with Gasteiger partial charge in [0.15, 0.2) is 5.75 Å². The lowest BCUT2D eigenvalue weighted by atomic mass is 10.1. The van der Waals surface area contributed by atoms with Crippen LogP contribution in [0, 0.1) is 13.8 Å². The van der Waals surface area contributed by atoms with Crippen LogP contribution in [0.4, 0.5) is 5.69 Å². The quantitative estimate of drug-likeness (QED) is 0.756. The van der Waals surface area contributed by atoms with E-state index in [1.807, 2.05) is 13.8 Å². The van der Waals surface area contributed by atoms with E-state index in [9.17, 15) is 9.90 Å². The van der Waals surface area contributed by atoms with Crippen LogP contribution in [0.25, 0.3) is 0 Å². The highest BCUT2D eigenvalue weighted by molar-refractivity contribution is 6.32. The van der Waals surface area contributed by atoms with Gasteiger partial charge in [-0.2, -0.15) is 5.10 Å². The summed E-state index contributed by atoms with van der Waals surface area (Å²) in [5.41, 5.74) is 2.82. The normalized spacial score (nSPS) is 10.5. The molecule has 100 valence electrons. The van der Waals surface area contributed by atoms with E-state index in [2.05, 4.69) is 15.5 Å². The van der Waals surface area contributed by atoms with Gasteiger partial charge in [0, 0.05) is 11.3 Å². The fourth-order valence-electron chi connectivity index (χ4n) is 1.81. The summed E-state index contributed by atoms with van der Waals surface area (Å²) in [5.74, 6) is -0.358. The molecule has 0 atom stereocenters. The predicted octanol–water partition coefficient (Wildman–Crippen LogP) is 2.57. The highest BCUT2D eigenvalue weighted by Crippen LogP contribution is 2.31. The van der Waals surface area contributed by atoms with Gasteiger partial charge in [0.2, 0.25) is 5.91 Å². The van der Waals surface area contributed by atoms with Crippen LogP contribution in [-0.4, -0.2) is 21.2 Å². The second kappa shape index (κ2) is 5.32. The van der Waals surface area contributed by atoms with Crippen LogP contribution >= 0.6 is 11.6 Å². The molecule has 0 bridgehead atoms. The van der Waals surface area contributed by atoms with E-state index in [1.165, 1.54) is 0 Å². The predicted molar refractivity (Wildman–Crippen MR) is 73.5 cm³/mol. The zero-order chi connectivity index (χ0) is 14.0. The SMILES string of the molecule is Cc1n[nH]c(C)c1CC(=O)Nc1cccc(Cl)c1O. The standard InChI is InChI=1S/C13H14ClN3O2/c1-7-9(8(2)17-16-7)6-12(18)15-11-5-3-4-10(14)13(11)19/h3-5,19H,6H2,1-2H3,(H,15,18)(H,16,17). The minimum Gasteiger partial charge on any atom is -0.504 e. The molecule has 1 aromatic heterocycles. The van der Waals surface area contributed by atoms with Gasteiger partial charge in [0.05, 0.1) is 22.8 Å². The number of aryl methyl sites for hydroxylation is 2. The lowest BCUT2D eigenvalue weighted by molar-refractivity contribution is -0.115. The van der Waals surface area contributed by atoms with Crippen LogP contribution in [0.15, 0.2) is 18.2 Å². The van der Waals surface area contributed by atoms with Crippen molar-refractivity contribution in [3.8, 4) is 5.75 Å². The van der Waals surface area contributed by atoms with E-state index in [0.717, 1.165) is 17.0 Å². The molecule has 5 nitrogen and oxygen atoms in total. The van der Waals surface area contributed by atoms with E-state index in [-0.39, 0.29) is 23.1 Å². The molecule has 0 radical (unpaired) electrons. The summed E-state index contributed by atoms with van der Waals surface area (Å²) < 4.78 is 0. The average Bonchev–Trinajstić information content (AvgIpc) is 2.67. The first-order valence-electron chi connectivity index (χ1n) is 5.77. The number of para-hydroxylation sites is 1. The third-order valence-corrected chi connectivity index (χ3v) is 3.18. The number of nitrogens with zero attached hydrogens (tertiary/aromatic N) is 1. The van der Waals surface area contributed by atoms with Crippen molar-refractivity contribution in [2.45, 2.75) is 20.3 Å². The number of carbonyl (C=O) groups is 1. The molecule has 0 aliphatic carbocycles. The molecule has 0 fully saturated rings. The maximum Gasteiger partial charge on any atom is 0.229 e. The highest BCUT2D eigenvalue weighted by Gasteiger charge is 2.13. The summed E-state index contributed by atoms with van der Waals surface area (Å²) in [6.07, 6.45) is 0.195. The Morgan fingerprint density at radius 3 is 2.84 bits per heavy atom. The molecule has 1 heterocycles. The number of benzene rings is 1. The number of hydrogen-bond acceptors (Lipinski definition) is 3. The Bertz CT molecular complexity index is 603. The van der Waals surface area contributed by atoms with Gasteiger partial charge in [0.25, 0.3) is 0 Å². The number of aromatic hydroxyl groups is 1. The van der Waals surface area contributed by atoms with Crippen LogP contribution in [0.1, 0.15) is 17.0 Å². The van der Waals surface area contributed by atoms with Crippen molar-refractivity contribution in [2.24, 2.45) is 0 Å². The molecule has 2 aromatic rings. The molecule has 3 N–H and O–H groups in total. The molecule has 0 aliphatic heterocycles. The van der Waals surface area contributed by atoms with Crippen LogP contribution in [0.3, 0.4) is 0 Å². The zero-order valence-electron chi connectivity index (χ0n) is 10.6. The Labute approximate surface area is 115 Å². The van der Waals surface area contributed by atoms with Gasteiger partial charge in [-0.3, -0.25) is 9.89 Å². The van der Waals surface area contributed by atoms with Crippen LogP contribution in [0.2, 0.25) is 5.02 Å². The molecule has 0 aliphatic rings. The molecule has 19 heavy (non-hydrogen) atoms. The number of aromatic amines is 1. The summed E-state index contributed by atoms with van der Waals surface area (Å²) in [5, 5.41) is 19.4. The smallest absolute Gasteiger partial charge is 0.229 e. The van der Waals surface area contributed by atoms with Gasteiger partial charge in [-0.25, -0.2) is 0 Å². The summed E-state index contributed by atoms with van der Waals surface area (Å²) in [7, 11) is 0. The molecule has 2 rings (SSSR count). The van der Waals surface area contributed by atoms with Gasteiger partial charge in [0.1, 0.15) is 0 Å². The fraction of sp³-hybridized carbons (Fsp3) is 0.231. The monoisotopic (exact) mass is 279 g/mol. The first-order valence-corrected chi connectivity index (χ1v) is 6.14. The number of H-pyrrole nitrogens is 1. The number of phenolic OH excluding ortho intramolecular Hbond substituents is 1. The van der Waals surface area contributed by atoms with Crippen LogP contribution in [0.5, 0.6) is 5.75 Å². The molecule has 6 heteroatoms. The topological polar surface area (TPSA) is 78.0 Å². The number of halogens is 1. The van der Waals surface area contributed by atoms with Crippen LogP contribution < -0.4 is 5.32 Å². The lowest BCUT2D eigenvalue weighted by Gasteiger charge is -2.08. The minimum atomic E-state index is -0.231. The highest BCUT2D eigenvalue weighted by atomic mass is 35.5. The zero-order valence-corrected chi connectivity index (χ0v) is 11.4. The summed E-state index contributed by atoms with van der Waals surface area (Å²) in [4.78, 5) is 11.9. The van der Waals surface area contributed by atoms with E-state index in [0.29, 0.717) is 5.69 Å². The molecule has 1 aromatic carbocycles. The van der Waals surface area contributed by atoms with Crippen molar-refractivity contribution < 1.29 is 9.90 Å². The Morgan fingerprint density at radius 2 is 2.21 bits per heavy atom. The van der Waals surface area contributed by atoms with E-state index in [4.69, 9.17) is 11.6 Å². The maximum atomic E-state index is 11.9. The van der Waals surface area contributed by atoms with E-state index < -0.39 is 0 Å². The van der Waals surface area contributed by atoms with Crippen molar-refractivity contribution in [2.75, 3.05) is 5.32 Å². The second-order valence-electron chi connectivity index (χ2n) is 4.27. The number of aromatic nitrogens is 2. The fourth-order valence-corrected chi connectivity index (χ4v) is 1.98. The molecule has 0 spiro atoms. The molecule has 0 saturated carbocycles. The Hall–Kier alpha value is -2.01. The largest absolute Gasteiger partial charge is 0.504 e. The van der Waals surface area contributed by atoms with Gasteiger partial charge in [-0.15, -0.1) is 0 Å². The van der Waals surface area contributed by atoms with Crippen molar-refractivity contribution in [3.05, 3.63) is 40.2 Å². The van der Waals surface area contributed by atoms with Gasteiger partial charge in [-0.1, -0.05) is 17.7 Å². The number of phenols is 1. The second-order valence-corrected chi connectivity index (χ2v) is 4.68. The summed E-state index contributed by atoms with van der Waals surface area (Å²) >= 11 is 5.77. The molecular weight excluding hydrogens is 266 g/mol. The van der Waals surface area contributed by atoms with Crippen molar-refractivity contribution in [1.82, 2.24) is 10.2 Å². The summed E-state index contributed by atoms with van der Waals surface area (Å²) in [6.45, 7) is 3.70. The van der Waals surface area contributed by atoms with Gasteiger partial charge >= 0.3 is 0 Å². The Morgan fingerprint density at radius 1 is 1.47 bits per heavy atom. The summed E-state index contributed by atoms with van der Waals surface area (Å²) in [6, 6.07) is 4.80. The molecule has 0 unspecified atom stereocenters. The third-order valence-electron chi connectivity index (χ3n) is 2.88. The van der Waals surface area contributed by atoms with E-state index >= 15 is 0 Å². The Balaban J connectivity index is 2.12. The molecule has 0 saturated heterocycles.